The summed E-state index contributed by atoms with van der Waals surface area (Å²) in [6, 6.07) is 4.85. The van der Waals surface area contributed by atoms with Gasteiger partial charge in [0.2, 0.25) is 11.7 Å². The van der Waals surface area contributed by atoms with E-state index >= 15 is 0 Å². The molecule has 20 heavy (non-hydrogen) atoms. The Morgan fingerprint density at radius 3 is 2.95 bits per heavy atom. The fraction of sp³-hybridized carbons (Fsp3) is 0.429. The van der Waals surface area contributed by atoms with E-state index in [1.165, 1.54) is 13.2 Å². The molecular formula is C14H18FN3O2. The molecule has 0 spiro atoms. The third-order valence-electron chi connectivity index (χ3n) is 3.09. The summed E-state index contributed by atoms with van der Waals surface area (Å²) in [5, 5.41) is 7.16. The molecule has 5 nitrogen and oxygen atoms in total. The van der Waals surface area contributed by atoms with Gasteiger partial charge in [-0.2, -0.15) is 4.98 Å². The van der Waals surface area contributed by atoms with Crippen LogP contribution in [0.15, 0.2) is 22.7 Å². The lowest BCUT2D eigenvalue weighted by molar-refractivity contribution is 0.358. The Kier molecular flexibility index (Phi) is 4.68. The first-order chi connectivity index (χ1) is 9.63. The zero-order valence-corrected chi connectivity index (χ0v) is 11.8. The number of benzene rings is 1. The van der Waals surface area contributed by atoms with Crippen molar-refractivity contribution in [3.63, 3.8) is 0 Å². The van der Waals surface area contributed by atoms with Crippen LogP contribution in [0.3, 0.4) is 0 Å². The average Bonchev–Trinajstić information content (AvgIpc) is 2.94. The van der Waals surface area contributed by atoms with Crippen molar-refractivity contribution in [2.75, 3.05) is 7.11 Å². The fourth-order valence-electron chi connectivity index (χ4n) is 1.65. The molecule has 0 fully saturated rings. The van der Waals surface area contributed by atoms with Crippen LogP contribution in [0, 0.1) is 5.82 Å². The van der Waals surface area contributed by atoms with Crippen LogP contribution in [-0.2, 0) is 6.54 Å². The molecule has 0 radical (unpaired) electrons. The number of halogens is 1. The van der Waals surface area contributed by atoms with E-state index in [4.69, 9.17) is 9.26 Å². The average molecular weight is 279 g/mol. The van der Waals surface area contributed by atoms with Gasteiger partial charge >= 0.3 is 0 Å². The van der Waals surface area contributed by atoms with Gasteiger partial charge in [-0.3, -0.25) is 0 Å². The van der Waals surface area contributed by atoms with Gasteiger partial charge in [0, 0.05) is 11.6 Å². The third-order valence-corrected chi connectivity index (χ3v) is 3.09. The van der Waals surface area contributed by atoms with Crippen molar-refractivity contribution >= 4 is 0 Å². The maximum absolute atomic E-state index is 13.3. The first kappa shape index (κ1) is 14.5. The van der Waals surface area contributed by atoms with E-state index in [0.29, 0.717) is 29.9 Å². The molecule has 108 valence electrons. The summed E-state index contributed by atoms with van der Waals surface area (Å²) in [6.07, 6.45) is 1.02. The van der Waals surface area contributed by atoms with Gasteiger partial charge < -0.3 is 14.6 Å². The normalized spacial score (nSPS) is 12.4. The Morgan fingerprint density at radius 1 is 1.45 bits per heavy atom. The lowest BCUT2D eigenvalue weighted by Crippen LogP contribution is -2.24. The maximum Gasteiger partial charge on any atom is 0.240 e. The van der Waals surface area contributed by atoms with E-state index in [9.17, 15) is 4.39 Å². The number of methoxy groups -OCH3 is 1. The molecule has 1 aromatic heterocycles. The fourth-order valence-corrected chi connectivity index (χ4v) is 1.65. The van der Waals surface area contributed by atoms with Crippen molar-refractivity contribution in [2.24, 2.45) is 0 Å². The van der Waals surface area contributed by atoms with Gasteiger partial charge in [0.25, 0.3) is 0 Å². The first-order valence-electron chi connectivity index (χ1n) is 6.54. The van der Waals surface area contributed by atoms with Crippen LogP contribution in [-0.4, -0.2) is 23.3 Å². The van der Waals surface area contributed by atoms with Crippen LogP contribution in [0.1, 0.15) is 26.2 Å². The molecular weight excluding hydrogens is 261 g/mol. The van der Waals surface area contributed by atoms with Crippen LogP contribution in [0.5, 0.6) is 5.75 Å². The first-order valence-corrected chi connectivity index (χ1v) is 6.54. The van der Waals surface area contributed by atoms with Crippen molar-refractivity contribution in [2.45, 2.75) is 32.9 Å². The minimum atomic E-state index is -0.418. The molecule has 1 aromatic carbocycles. The molecule has 6 heteroatoms. The highest BCUT2D eigenvalue weighted by Gasteiger charge is 2.12. The molecule has 1 atom stereocenters. The topological polar surface area (TPSA) is 60.2 Å². The van der Waals surface area contributed by atoms with Gasteiger partial charge in [-0.15, -0.1) is 0 Å². The quantitative estimate of drug-likeness (QED) is 0.881. The molecule has 0 saturated carbocycles. The summed E-state index contributed by atoms with van der Waals surface area (Å²) in [6.45, 7) is 4.70. The summed E-state index contributed by atoms with van der Waals surface area (Å²) in [7, 11) is 1.42. The number of rotatable bonds is 6. The summed E-state index contributed by atoms with van der Waals surface area (Å²) in [4.78, 5) is 4.27. The van der Waals surface area contributed by atoms with Crippen molar-refractivity contribution < 1.29 is 13.7 Å². The second kappa shape index (κ2) is 6.47. The Hall–Kier alpha value is -1.95. The van der Waals surface area contributed by atoms with Crippen LogP contribution in [0.2, 0.25) is 0 Å². The second-order valence-corrected chi connectivity index (χ2v) is 4.55. The highest BCUT2D eigenvalue weighted by molar-refractivity contribution is 5.57. The predicted molar refractivity (Wildman–Crippen MR) is 72.8 cm³/mol. The van der Waals surface area contributed by atoms with Crippen LogP contribution in [0.4, 0.5) is 4.39 Å². The zero-order valence-electron chi connectivity index (χ0n) is 11.8. The Morgan fingerprint density at radius 2 is 2.25 bits per heavy atom. The number of hydrogen-bond donors (Lipinski definition) is 1. The summed E-state index contributed by atoms with van der Waals surface area (Å²) in [5.74, 6) is 0.665. The maximum atomic E-state index is 13.3. The Bertz CT molecular complexity index is 571. The van der Waals surface area contributed by atoms with Gasteiger partial charge in [0.05, 0.1) is 13.7 Å². The number of nitrogens with zero attached hydrogens (tertiary/aromatic N) is 2. The van der Waals surface area contributed by atoms with Gasteiger partial charge in [-0.05, 0) is 31.5 Å². The zero-order chi connectivity index (χ0) is 14.5. The smallest absolute Gasteiger partial charge is 0.240 e. The van der Waals surface area contributed by atoms with E-state index in [1.807, 2.05) is 0 Å². The SMILES string of the molecule is CCC(C)NCc1nc(-c2ccc(F)c(OC)c2)no1. The highest BCUT2D eigenvalue weighted by Crippen LogP contribution is 2.24. The third kappa shape index (κ3) is 3.33. The van der Waals surface area contributed by atoms with Crippen molar-refractivity contribution in [3.05, 3.63) is 29.9 Å². The van der Waals surface area contributed by atoms with Crippen LogP contribution < -0.4 is 10.1 Å². The Labute approximate surface area is 117 Å². The van der Waals surface area contributed by atoms with Crippen molar-refractivity contribution in [3.8, 4) is 17.1 Å². The standard InChI is InChI=1S/C14H18FN3O2/c1-4-9(2)16-8-13-17-14(18-20-13)10-5-6-11(15)12(7-10)19-3/h5-7,9,16H,4,8H2,1-3H3. The lowest BCUT2D eigenvalue weighted by Gasteiger charge is -2.07. The molecule has 2 aromatic rings. The minimum absolute atomic E-state index is 0.159. The highest BCUT2D eigenvalue weighted by atomic mass is 19.1. The van der Waals surface area contributed by atoms with E-state index in [1.54, 1.807) is 12.1 Å². The van der Waals surface area contributed by atoms with E-state index in [-0.39, 0.29) is 5.75 Å². The van der Waals surface area contributed by atoms with Crippen LogP contribution >= 0.6 is 0 Å². The van der Waals surface area contributed by atoms with Crippen LogP contribution in [0.25, 0.3) is 11.4 Å². The largest absolute Gasteiger partial charge is 0.494 e. The van der Waals surface area contributed by atoms with Crippen molar-refractivity contribution in [1.29, 1.82) is 0 Å². The van der Waals surface area contributed by atoms with E-state index < -0.39 is 5.82 Å². The molecule has 1 N–H and O–H groups in total. The molecule has 0 saturated heterocycles. The van der Waals surface area contributed by atoms with Gasteiger partial charge in [0.1, 0.15) is 0 Å². The molecule has 0 aliphatic carbocycles. The molecule has 1 unspecified atom stereocenters. The monoisotopic (exact) mass is 279 g/mol. The van der Waals surface area contributed by atoms with E-state index in [0.717, 1.165) is 6.42 Å². The second-order valence-electron chi connectivity index (χ2n) is 4.55. The Balaban J connectivity index is 2.12. The number of nitrogens with one attached hydrogen (secondary N) is 1. The summed E-state index contributed by atoms with van der Waals surface area (Å²) < 4.78 is 23.4. The predicted octanol–water partition coefficient (Wildman–Crippen LogP) is 2.77. The minimum Gasteiger partial charge on any atom is -0.494 e. The molecule has 0 aliphatic heterocycles. The van der Waals surface area contributed by atoms with Crippen molar-refractivity contribution in [1.82, 2.24) is 15.5 Å². The van der Waals surface area contributed by atoms with Gasteiger partial charge in [0.15, 0.2) is 11.6 Å². The summed E-state index contributed by atoms with van der Waals surface area (Å²) in [5.41, 5.74) is 0.654. The number of ether oxygens (including phenoxy) is 1. The molecule has 2 rings (SSSR count). The molecule has 1 heterocycles. The van der Waals surface area contributed by atoms with E-state index in [2.05, 4.69) is 29.3 Å². The number of aromatic nitrogens is 2. The summed E-state index contributed by atoms with van der Waals surface area (Å²) >= 11 is 0. The van der Waals surface area contributed by atoms with Gasteiger partial charge in [-0.1, -0.05) is 12.1 Å². The lowest BCUT2D eigenvalue weighted by atomic mass is 10.2. The number of hydrogen-bond acceptors (Lipinski definition) is 5. The molecule has 0 bridgehead atoms. The molecule has 0 aliphatic rings. The van der Waals surface area contributed by atoms with Gasteiger partial charge in [-0.25, -0.2) is 4.39 Å². The molecule has 0 amide bonds.